The second-order valence-corrected chi connectivity index (χ2v) is 4.40. The number of nitrogens with two attached hydrogens (primary N) is 1. The Hall–Kier alpha value is -1.23. The van der Waals surface area contributed by atoms with E-state index < -0.39 is 0 Å². The lowest BCUT2D eigenvalue weighted by Gasteiger charge is -2.12. The fourth-order valence-corrected chi connectivity index (χ4v) is 2.27. The molecule has 0 unspecified atom stereocenters. The van der Waals surface area contributed by atoms with Crippen molar-refractivity contribution in [1.82, 2.24) is 0 Å². The molecular formula is C12H14ClNO2S. The smallest absolute Gasteiger partial charge is 0.160 e. The van der Waals surface area contributed by atoms with Crippen LogP contribution in [-0.2, 0) is 0 Å². The Balaban J connectivity index is 0.00000144. The molecule has 0 saturated carbocycles. The van der Waals surface area contributed by atoms with E-state index in [1.54, 1.807) is 23.5 Å². The highest BCUT2D eigenvalue weighted by Crippen LogP contribution is 2.31. The van der Waals surface area contributed by atoms with Crippen LogP contribution in [0.15, 0.2) is 35.7 Å². The van der Waals surface area contributed by atoms with Crippen molar-refractivity contribution in [3.05, 3.63) is 46.2 Å². The summed E-state index contributed by atoms with van der Waals surface area (Å²) in [5.41, 5.74) is 7.04. The number of thiophene rings is 1. The van der Waals surface area contributed by atoms with E-state index in [-0.39, 0.29) is 24.2 Å². The average Bonchev–Trinajstić information content (AvgIpc) is 2.82. The molecule has 1 aromatic heterocycles. The van der Waals surface area contributed by atoms with Crippen molar-refractivity contribution in [1.29, 1.82) is 0 Å². The molecule has 92 valence electrons. The van der Waals surface area contributed by atoms with Gasteiger partial charge in [-0.25, -0.2) is 0 Å². The maximum atomic E-state index is 9.48. The molecule has 2 rings (SSSR count). The first-order valence-corrected chi connectivity index (χ1v) is 5.76. The third kappa shape index (κ3) is 2.91. The number of rotatable bonds is 3. The van der Waals surface area contributed by atoms with Gasteiger partial charge in [-0.05, 0) is 29.1 Å². The van der Waals surface area contributed by atoms with E-state index in [4.69, 9.17) is 10.5 Å². The van der Waals surface area contributed by atoms with Crippen LogP contribution in [0.2, 0.25) is 0 Å². The second kappa shape index (κ2) is 5.91. The molecule has 0 saturated heterocycles. The average molecular weight is 272 g/mol. The zero-order chi connectivity index (χ0) is 11.5. The normalized spacial score (nSPS) is 11.6. The summed E-state index contributed by atoms with van der Waals surface area (Å²) >= 11 is 1.62. The molecule has 0 aliphatic rings. The number of methoxy groups -OCH3 is 1. The number of halogens is 1. The van der Waals surface area contributed by atoms with Gasteiger partial charge in [-0.1, -0.05) is 12.1 Å². The molecule has 0 aliphatic heterocycles. The maximum absolute atomic E-state index is 9.48. The summed E-state index contributed by atoms with van der Waals surface area (Å²) < 4.78 is 5.05. The van der Waals surface area contributed by atoms with Crippen LogP contribution < -0.4 is 10.5 Å². The molecular weight excluding hydrogens is 258 g/mol. The Morgan fingerprint density at radius 2 is 2.12 bits per heavy atom. The van der Waals surface area contributed by atoms with E-state index in [1.807, 2.05) is 23.6 Å². The van der Waals surface area contributed by atoms with Crippen LogP contribution in [0.25, 0.3) is 0 Å². The van der Waals surface area contributed by atoms with Gasteiger partial charge in [-0.3, -0.25) is 0 Å². The van der Waals surface area contributed by atoms with Gasteiger partial charge < -0.3 is 15.6 Å². The quantitative estimate of drug-likeness (QED) is 0.902. The molecule has 3 N–H and O–H groups in total. The summed E-state index contributed by atoms with van der Waals surface area (Å²) in [6.07, 6.45) is 0. The molecule has 1 aromatic carbocycles. The molecule has 17 heavy (non-hydrogen) atoms. The fraction of sp³-hybridized carbons (Fsp3) is 0.167. The van der Waals surface area contributed by atoms with Crippen molar-refractivity contribution in [3.8, 4) is 11.5 Å². The second-order valence-electron chi connectivity index (χ2n) is 3.42. The van der Waals surface area contributed by atoms with Gasteiger partial charge in [0.1, 0.15) is 0 Å². The van der Waals surface area contributed by atoms with Crippen molar-refractivity contribution in [2.45, 2.75) is 6.04 Å². The maximum Gasteiger partial charge on any atom is 0.160 e. The van der Waals surface area contributed by atoms with E-state index in [0.717, 1.165) is 10.4 Å². The summed E-state index contributed by atoms with van der Waals surface area (Å²) in [5, 5.41) is 11.5. The Morgan fingerprint density at radius 3 is 2.71 bits per heavy atom. The number of hydrogen-bond acceptors (Lipinski definition) is 4. The van der Waals surface area contributed by atoms with Crippen LogP contribution >= 0.6 is 23.7 Å². The lowest BCUT2D eigenvalue weighted by atomic mass is 10.1. The zero-order valence-corrected chi connectivity index (χ0v) is 10.9. The van der Waals surface area contributed by atoms with Gasteiger partial charge in [0, 0.05) is 4.88 Å². The van der Waals surface area contributed by atoms with Crippen molar-refractivity contribution in [2.75, 3.05) is 7.11 Å². The highest BCUT2D eigenvalue weighted by Gasteiger charge is 2.12. The Labute approximate surface area is 110 Å². The molecule has 0 spiro atoms. The fourth-order valence-electron chi connectivity index (χ4n) is 1.52. The topological polar surface area (TPSA) is 55.5 Å². The van der Waals surface area contributed by atoms with Gasteiger partial charge in [-0.15, -0.1) is 23.7 Å². The molecule has 0 aliphatic carbocycles. The minimum absolute atomic E-state index is 0. The number of phenols is 1. The summed E-state index contributed by atoms with van der Waals surface area (Å²) in [6, 6.07) is 8.96. The predicted octanol–water partition coefficient (Wildman–Crippen LogP) is 2.93. The number of ether oxygens (including phenoxy) is 1. The SMILES string of the molecule is COc1cc([C@H](N)c2cccs2)ccc1O.Cl. The van der Waals surface area contributed by atoms with E-state index in [9.17, 15) is 5.11 Å². The Kier molecular flexibility index (Phi) is 4.81. The molecule has 1 atom stereocenters. The van der Waals surface area contributed by atoms with Crippen LogP contribution in [0.5, 0.6) is 11.5 Å². The van der Waals surface area contributed by atoms with Gasteiger partial charge in [0.15, 0.2) is 11.5 Å². The monoisotopic (exact) mass is 271 g/mol. The first-order valence-electron chi connectivity index (χ1n) is 4.88. The standard InChI is InChI=1S/C12H13NO2S.ClH/c1-15-10-7-8(4-5-9(10)14)12(13)11-3-2-6-16-11;/h2-7,12,14H,13H2,1H3;1H/t12-;/m0./s1. The van der Waals surface area contributed by atoms with E-state index in [1.165, 1.54) is 7.11 Å². The van der Waals surface area contributed by atoms with Crippen molar-refractivity contribution in [2.24, 2.45) is 5.73 Å². The molecule has 0 amide bonds. The summed E-state index contributed by atoms with van der Waals surface area (Å²) in [6.45, 7) is 0. The molecule has 0 radical (unpaired) electrons. The largest absolute Gasteiger partial charge is 0.504 e. The van der Waals surface area contributed by atoms with E-state index in [2.05, 4.69) is 0 Å². The van der Waals surface area contributed by atoms with Crippen molar-refractivity contribution < 1.29 is 9.84 Å². The summed E-state index contributed by atoms with van der Waals surface area (Å²) in [4.78, 5) is 1.09. The van der Waals surface area contributed by atoms with E-state index >= 15 is 0 Å². The van der Waals surface area contributed by atoms with Gasteiger partial charge in [0.25, 0.3) is 0 Å². The number of benzene rings is 1. The first kappa shape index (κ1) is 13.8. The molecule has 1 heterocycles. The highest BCUT2D eigenvalue weighted by atomic mass is 35.5. The van der Waals surface area contributed by atoms with Gasteiger partial charge in [0.05, 0.1) is 13.2 Å². The predicted molar refractivity (Wildman–Crippen MR) is 72.3 cm³/mol. The number of hydrogen-bond donors (Lipinski definition) is 2. The Morgan fingerprint density at radius 1 is 1.35 bits per heavy atom. The lowest BCUT2D eigenvalue weighted by Crippen LogP contribution is -2.10. The van der Waals surface area contributed by atoms with Gasteiger partial charge >= 0.3 is 0 Å². The van der Waals surface area contributed by atoms with Crippen molar-refractivity contribution in [3.63, 3.8) is 0 Å². The Bertz CT molecular complexity index is 473. The molecule has 5 heteroatoms. The molecule has 0 bridgehead atoms. The molecule has 0 fully saturated rings. The number of phenolic OH excluding ortho intramolecular Hbond substituents is 1. The minimum Gasteiger partial charge on any atom is -0.504 e. The third-order valence-electron chi connectivity index (χ3n) is 2.41. The van der Waals surface area contributed by atoms with Crippen LogP contribution in [0.4, 0.5) is 0 Å². The minimum atomic E-state index is -0.172. The number of aromatic hydroxyl groups is 1. The lowest BCUT2D eigenvalue weighted by molar-refractivity contribution is 0.373. The highest BCUT2D eigenvalue weighted by molar-refractivity contribution is 7.10. The van der Waals surface area contributed by atoms with Gasteiger partial charge in [0.2, 0.25) is 0 Å². The van der Waals surface area contributed by atoms with Gasteiger partial charge in [-0.2, -0.15) is 0 Å². The zero-order valence-electron chi connectivity index (χ0n) is 9.29. The summed E-state index contributed by atoms with van der Waals surface area (Å²) in [7, 11) is 1.52. The van der Waals surface area contributed by atoms with Crippen LogP contribution in [0.3, 0.4) is 0 Å². The molecule has 3 nitrogen and oxygen atoms in total. The summed E-state index contributed by atoms with van der Waals surface area (Å²) in [5.74, 6) is 0.578. The first-order chi connectivity index (χ1) is 7.72. The van der Waals surface area contributed by atoms with Crippen LogP contribution in [-0.4, -0.2) is 12.2 Å². The third-order valence-corrected chi connectivity index (χ3v) is 3.37. The van der Waals surface area contributed by atoms with Crippen LogP contribution in [0.1, 0.15) is 16.5 Å². The van der Waals surface area contributed by atoms with Crippen molar-refractivity contribution >= 4 is 23.7 Å². The van der Waals surface area contributed by atoms with Crippen LogP contribution in [0, 0.1) is 0 Å². The molecule has 2 aromatic rings. The van der Waals surface area contributed by atoms with E-state index in [0.29, 0.717) is 5.75 Å².